The molecule has 0 N–H and O–H groups in total. The fourth-order valence-corrected chi connectivity index (χ4v) is 5.11. The van der Waals surface area contributed by atoms with Crippen LogP contribution in [0.5, 0.6) is 5.75 Å². The maximum atomic E-state index is 13.1. The number of hydrogen-bond acceptors (Lipinski definition) is 5. The highest BCUT2D eigenvalue weighted by molar-refractivity contribution is 7.18. The van der Waals surface area contributed by atoms with Crippen molar-refractivity contribution in [1.29, 1.82) is 0 Å². The summed E-state index contributed by atoms with van der Waals surface area (Å²) in [4.78, 5) is 15.2. The second-order valence-electron chi connectivity index (χ2n) is 8.39. The normalized spacial score (nSPS) is 17.1. The number of methoxy groups -OCH3 is 1. The van der Waals surface area contributed by atoms with Gasteiger partial charge in [-0.2, -0.15) is 0 Å². The first-order chi connectivity index (χ1) is 12.9. The van der Waals surface area contributed by atoms with Crippen LogP contribution in [0.3, 0.4) is 0 Å². The number of rotatable bonds is 3. The molecule has 0 unspecified atom stereocenters. The molecule has 0 saturated carbocycles. The fraction of sp³-hybridized carbons (Fsp3) is 0.476. The summed E-state index contributed by atoms with van der Waals surface area (Å²) in [5.41, 5.74) is 2.47. The third-order valence-corrected chi connectivity index (χ3v) is 6.79. The second-order valence-corrected chi connectivity index (χ2v) is 9.47. The van der Waals surface area contributed by atoms with Gasteiger partial charge in [0.1, 0.15) is 5.75 Å². The molecule has 0 saturated heterocycles. The van der Waals surface area contributed by atoms with Gasteiger partial charge in [-0.3, -0.25) is 4.79 Å². The van der Waals surface area contributed by atoms with Gasteiger partial charge in [0, 0.05) is 4.88 Å². The lowest BCUT2D eigenvalue weighted by molar-refractivity contribution is 0.218. The van der Waals surface area contributed by atoms with E-state index in [0.717, 1.165) is 40.8 Å². The molecule has 2 heterocycles. The predicted octanol–water partition coefficient (Wildman–Crippen LogP) is 4.06. The van der Waals surface area contributed by atoms with E-state index in [2.05, 4.69) is 31.1 Å². The predicted molar refractivity (Wildman–Crippen MR) is 109 cm³/mol. The summed E-state index contributed by atoms with van der Waals surface area (Å²) in [6, 6.07) is 7.69. The number of aromatic nitrogens is 3. The molecule has 1 aromatic carbocycles. The quantitative estimate of drug-likeness (QED) is 0.684. The smallest absolute Gasteiger partial charge is 0.279 e. The summed E-state index contributed by atoms with van der Waals surface area (Å²) in [7, 11) is 1.64. The highest BCUT2D eigenvalue weighted by Gasteiger charge is 2.31. The monoisotopic (exact) mass is 383 g/mol. The van der Waals surface area contributed by atoms with Crippen LogP contribution in [0.1, 0.15) is 43.2 Å². The van der Waals surface area contributed by atoms with Crippen LogP contribution in [0.4, 0.5) is 0 Å². The van der Waals surface area contributed by atoms with Crippen molar-refractivity contribution in [2.45, 2.75) is 46.6 Å². The third-order valence-electron chi connectivity index (χ3n) is 5.65. The van der Waals surface area contributed by atoms with Crippen molar-refractivity contribution in [1.82, 2.24) is 15.0 Å². The van der Waals surface area contributed by atoms with Crippen LogP contribution in [0, 0.1) is 11.3 Å². The minimum Gasteiger partial charge on any atom is -0.497 e. The van der Waals surface area contributed by atoms with E-state index in [1.165, 1.54) is 15.1 Å². The summed E-state index contributed by atoms with van der Waals surface area (Å²) < 4.78 is 6.67. The number of nitrogens with zero attached hydrogens (tertiary/aromatic N) is 3. The molecule has 0 radical (unpaired) electrons. The van der Waals surface area contributed by atoms with Gasteiger partial charge in [0.05, 0.1) is 19.0 Å². The van der Waals surface area contributed by atoms with Gasteiger partial charge in [-0.15, -0.1) is 16.4 Å². The first kappa shape index (κ1) is 18.2. The van der Waals surface area contributed by atoms with Crippen molar-refractivity contribution in [2.24, 2.45) is 11.3 Å². The number of thiophene rings is 1. The molecule has 4 rings (SSSR count). The lowest BCUT2D eigenvalue weighted by Crippen LogP contribution is -2.28. The molecular weight excluding hydrogens is 358 g/mol. The minimum absolute atomic E-state index is 0.0254. The number of hydrogen-bond donors (Lipinski definition) is 0. The van der Waals surface area contributed by atoms with Crippen molar-refractivity contribution in [2.75, 3.05) is 7.11 Å². The van der Waals surface area contributed by atoms with E-state index < -0.39 is 0 Å². The molecule has 3 aromatic rings. The van der Waals surface area contributed by atoms with Crippen LogP contribution in [-0.4, -0.2) is 22.1 Å². The molecule has 27 heavy (non-hydrogen) atoms. The molecule has 2 aromatic heterocycles. The lowest BCUT2D eigenvalue weighted by atomic mass is 9.72. The summed E-state index contributed by atoms with van der Waals surface area (Å²) in [6.45, 7) is 7.33. The minimum atomic E-state index is -0.0254. The van der Waals surface area contributed by atoms with Gasteiger partial charge in [0.25, 0.3) is 5.56 Å². The summed E-state index contributed by atoms with van der Waals surface area (Å²) in [5, 5.41) is 9.34. The van der Waals surface area contributed by atoms with Gasteiger partial charge in [0.15, 0.2) is 4.83 Å². The van der Waals surface area contributed by atoms with Crippen LogP contribution < -0.4 is 10.3 Å². The summed E-state index contributed by atoms with van der Waals surface area (Å²) >= 11 is 1.65. The first-order valence-electron chi connectivity index (χ1n) is 9.38. The molecule has 1 aliphatic carbocycles. The molecule has 1 aliphatic rings. The Bertz CT molecular complexity index is 1030. The molecule has 0 spiro atoms. The highest BCUT2D eigenvalue weighted by atomic mass is 32.1. The zero-order chi connectivity index (χ0) is 19.2. The van der Waals surface area contributed by atoms with Crippen molar-refractivity contribution in [3.63, 3.8) is 0 Å². The largest absolute Gasteiger partial charge is 0.497 e. The van der Waals surface area contributed by atoms with Crippen LogP contribution in [-0.2, 0) is 19.4 Å². The molecule has 0 fully saturated rings. The van der Waals surface area contributed by atoms with Crippen molar-refractivity contribution >= 4 is 21.6 Å². The Morgan fingerprint density at radius 3 is 2.67 bits per heavy atom. The molecule has 1 atom stereocenters. The molecule has 142 valence electrons. The standard InChI is InChI=1S/C21H25N3O2S/c1-21(2,3)14-7-10-16-17(11-14)27-19-18(16)20(25)24(23-22-19)12-13-5-8-15(26-4)9-6-13/h5-6,8-9,14H,7,10-12H2,1-4H3/t14-/m0/s1. The van der Waals surface area contributed by atoms with Crippen LogP contribution in [0.25, 0.3) is 10.2 Å². The maximum absolute atomic E-state index is 13.1. The zero-order valence-electron chi connectivity index (χ0n) is 16.3. The van der Waals surface area contributed by atoms with Gasteiger partial charge in [0.2, 0.25) is 0 Å². The molecule has 0 aliphatic heterocycles. The SMILES string of the molecule is COc1ccc(Cn2nnc3sc4c(c3c2=O)CC[C@H](C(C)(C)C)C4)cc1. The molecule has 0 bridgehead atoms. The topological polar surface area (TPSA) is 57.0 Å². The Morgan fingerprint density at radius 1 is 1.26 bits per heavy atom. The van der Waals surface area contributed by atoms with Crippen molar-refractivity contribution in [3.05, 3.63) is 50.6 Å². The van der Waals surface area contributed by atoms with Crippen LogP contribution in [0.15, 0.2) is 29.1 Å². The Balaban J connectivity index is 1.69. The van der Waals surface area contributed by atoms with Gasteiger partial charge in [-0.25, -0.2) is 4.68 Å². The Labute approximate surface area is 163 Å². The average molecular weight is 384 g/mol. The van der Waals surface area contributed by atoms with Crippen LogP contribution in [0.2, 0.25) is 0 Å². The van der Waals surface area contributed by atoms with E-state index in [-0.39, 0.29) is 11.0 Å². The Kier molecular flexibility index (Phi) is 4.54. The maximum Gasteiger partial charge on any atom is 0.279 e. The van der Waals surface area contributed by atoms with E-state index in [0.29, 0.717) is 12.5 Å². The van der Waals surface area contributed by atoms with Gasteiger partial charge < -0.3 is 4.74 Å². The summed E-state index contributed by atoms with van der Waals surface area (Å²) in [5.74, 6) is 1.44. The lowest BCUT2D eigenvalue weighted by Gasteiger charge is -2.33. The summed E-state index contributed by atoms with van der Waals surface area (Å²) in [6.07, 6.45) is 3.13. The van der Waals surface area contributed by atoms with E-state index in [9.17, 15) is 4.79 Å². The second kappa shape index (κ2) is 6.75. The Morgan fingerprint density at radius 2 is 2.00 bits per heavy atom. The van der Waals surface area contributed by atoms with Gasteiger partial charge in [-0.05, 0) is 53.9 Å². The van der Waals surface area contributed by atoms with Gasteiger partial charge in [-0.1, -0.05) is 38.1 Å². The Hall–Kier alpha value is -2.21. The third kappa shape index (κ3) is 3.38. The zero-order valence-corrected chi connectivity index (χ0v) is 17.1. The number of fused-ring (bicyclic) bond motifs is 3. The van der Waals surface area contributed by atoms with Crippen molar-refractivity contribution < 1.29 is 4.74 Å². The molecule has 6 heteroatoms. The molecule has 0 amide bonds. The number of benzene rings is 1. The highest BCUT2D eigenvalue weighted by Crippen LogP contribution is 2.41. The number of aryl methyl sites for hydroxylation is 1. The average Bonchev–Trinajstić information content (AvgIpc) is 3.02. The van der Waals surface area contributed by atoms with E-state index >= 15 is 0 Å². The van der Waals surface area contributed by atoms with Crippen molar-refractivity contribution in [3.8, 4) is 5.75 Å². The molecular formula is C21H25N3O2S. The van der Waals surface area contributed by atoms with E-state index in [1.54, 1.807) is 18.4 Å². The van der Waals surface area contributed by atoms with E-state index in [1.807, 2.05) is 24.3 Å². The van der Waals surface area contributed by atoms with E-state index in [4.69, 9.17) is 4.74 Å². The first-order valence-corrected chi connectivity index (χ1v) is 10.2. The fourth-order valence-electron chi connectivity index (χ4n) is 3.87. The van der Waals surface area contributed by atoms with Gasteiger partial charge >= 0.3 is 0 Å². The van der Waals surface area contributed by atoms with Crippen LogP contribution >= 0.6 is 11.3 Å². The number of ether oxygens (including phenoxy) is 1. The molecule has 5 nitrogen and oxygen atoms in total.